The third kappa shape index (κ3) is 3.06. The number of hydrogen-bond donors (Lipinski definition) is 0. The lowest BCUT2D eigenvalue weighted by Gasteiger charge is -2.16. The standard InChI is InChI=1S/C16H16N2OS/c1-11-7-15(20-12(11)2)16(19)18(3)10-14-6-4-5-13(8-14)9-17/h4-8H,10H2,1-3H3. The van der Waals surface area contributed by atoms with Crippen LogP contribution in [-0.2, 0) is 6.54 Å². The van der Waals surface area contributed by atoms with E-state index in [0.29, 0.717) is 12.1 Å². The van der Waals surface area contributed by atoms with Crippen molar-refractivity contribution in [3.63, 3.8) is 0 Å². The van der Waals surface area contributed by atoms with Gasteiger partial charge in [0.15, 0.2) is 0 Å². The van der Waals surface area contributed by atoms with Crippen LogP contribution in [0.1, 0.15) is 31.2 Å². The van der Waals surface area contributed by atoms with Crippen LogP contribution in [0.3, 0.4) is 0 Å². The molecule has 20 heavy (non-hydrogen) atoms. The summed E-state index contributed by atoms with van der Waals surface area (Å²) in [4.78, 5) is 16.0. The fourth-order valence-electron chi connectivity index (χ4n) is 1.95. The van der Waals surface area contributed by atoms with Crippen LogP contribution < -0.4 is 0 Å². The number of rotatable bonds is 3. The van der Waals surface area contributed by atoms with Gasteiger partial charge in [0.25, 0.3) is 5.91 Å². The molecule has 2 aromatic rings. The second-order valence-corrected chi connectivity index (χ2v) is 6.08. The Morgan fingerprint density at radius 3 is 2.70 bits per heavy atom. The smallest absolute Gasteiger partial charge is 0.263 e. The highest BCUT2D eigenvalue weighted by Crippen LogP contribution is 2.22. The first-order valence-corrected chi connectivity index (χ1v) is 7.14. The molecule has 102 valence electrons. The molecule has 0 spiro atoms. The molecule has 0 saturated carbocycles. The van der Waals surface area contributed by atoms with E-state index in [1.54, 1.807) is 18.0 Å². The molecule has 0 N–H and O–H groups in total. The molecule has 1 aromatic carbocycles. The first kappa shape index (κ1) is 14.3. The minimum absolute atomic E-state index is 0.0218. The van der Waals surface area contributed by atoms with Crippen LogP contribution in [0, 0.1) is 25.2 Å². The molecule has 0 aliphatic carbocycles. The first-order chi connectivity index (χ1) is 9.51. The van der Waals surface area contributed by atoms with E-state index in [-0.39, 0.29) is 5.91 Å². The Morgan fingerprint density at radius 2 is 2.10 bits per heavy atom. The van der Waals surface area contributed by atoms with Crippen LogP contribution in [0.15, 0.2) is 30.3 Å². The molecule has 4 heteroatoms. The van der Waals surface area contributed by atoms with Crippen LogP contribution >= 0.6 is 11.3 Å². The summed E-state index contributed by atoms with van der Waals surface area (Å²) in [7, 11) is 1.78. The average Bonchev–Trinajstić information content (AvgIpc) is 2.78. The van der Waals surface area contributed by atoms with E-state index in [2.05, 4.69) is 6.07 Å². The molecule has 0 bridgehead atoms. The predicted molar refractivity (Wildman–Crippen MR) is 80.7 cm³/mol. The molecule has 0 unspecified atom stereocenters. The van der Waals surface area contributed by atoms with Crippen LogP contribution in [-0.4, -0.2) is 17.9 Å². The number of carbonyl (C=O) groups excluding carboxylic acids is 1. The monoisotopic (exact) mass is 284 g/mol. The van der Waals surface area contributed by atoms with Crippen molar-refractivity contribution >= 4 is 17.2 Å². The fraction of sp³-hybridized carbons (Fsp3) is 0.250. The number of nitriles is 1. The Labute approximate surface area is 123 Å². The zero-order valence-corrected chi connectivity index (χ0v) is 12.6. The van der Waals surface area contributed by atoms with Gasteiger partial charge in [-0.15, -0.1) is 11.3 Å². The van der Waals surface area contributed by atoms with Crippen molar-refractivity contribution in [3.05, 3.63) is 56.8 Å². The van der Waals surface area contributed by atoms with Gasteiger partial charge in [0, 0.05) is 18.5 Å². The zero-order valence-electron chi connectivity index (χ0n) is 11.8. The molecule has 0 radical (unpaired) electrons. The van der Waals surface area contributed by atoms with Gasteiger partial charge in [-0.25, -0.2) is 0 Å². The lowest BCUT2D eigenvalue weighted by atomic mass is 10.1. The Morgan fingerprint density at radius 1 is 1.35 bits per heavy atom. The number of thiophene rings is 1. The van der Waals surface area contributed by atoms with Gasteiger partial charge >= 0.3 is 0 Å². The molecule has 0 saturated heterocycles. The third-order valence-corrected chi connectivity index (χ3v) is 4.34. The topological polar surface area (TPSA) is 44.1 Å². The second kappa shape index (κ2) is 5.89. The molecular formula is C16H16N2OS. The first-order valence-electron chi connectivity index (χ1n) is 6.33. The highest BCUT2D eigenvalue weighted by Gasteiger charge is 2.15. The predicted octanol–water partition coefficient (Wildman–Crippen LogP) is 3.51. The summed E-state index contributed by atoms with van der Waals surface area (Å²) in [6.07, 6.45) is 0. The Kier molecular flexibility index (Phi) is 4.21. The lowest BCUT2D eigenvalue weighted by Crippen LogP contribution is -2.25. The van der Waals surface area contributed by atoms with Crippen molar-refractivity contribution < 1.29 is 4.79 Å². The highest BCUT2D eigenvalue weighted by atomic mass is 32.1. The average molecular weight is 284 g/mol. The SMILES string of the molecule is Cc1cc(C(=O)N(C)Cc2cccc(C#N)c2)sc1C. The summed E-state index contributed by atoms with van der Waals surface area (Å²) in [5.74, 6) is 0.0218. The van der Waals surface area contributed by atoms with Gasteiger partial charge in [-0.1, -0.05) is 12.1 Å². The van der Waals surface area contributed by atoms with Crippen molar-refractivity contribution in [2.45, 2.75) is 20.4 Å². The summed E-state index contributed by atoms with van der Waals surface area (Å²) < 4.78 is 0. The summed E-state index contributed by atoms with van der Waals surface area (Å²) in [5.41, 5.74) is 2.73. The molecule has 0 fully saturated rings. The summed E-state index contributed by atoms with van der Waals surface area (Å²) in [5, 5.41) is 8.89. The summed E-state index contributed by atoms with van der Waals surface area (Å²) >= 11 is 1.53. The van der Waals surface area contributed by atoms with Gasteiger partial charge in [0.05, 0.1) is 16.5 Å². The number of hydrogen-bond acceptors (Lipinski definition) is 3. The van der Waals surface area contributed by atoms with Crippen molar-refractivity contribution in [2.24, 2.45) is 0 Å². The molecule has 3 nitrogen and oxygen atoms in total. The van der Waals surface area contributed by atoms with E-state index in [0.717, 1.165) is 16.0 Å². The molecule has 2 rings (SSSR count). The number of aryl methyl sites for hydroxylation is 2. The minimum atomic E-state index is 0.0218. The lowest BCUT2D eigenvalue weighted by molar-refractivity contribution is 0.0790. The van der Waals surface area contributed by atoms with Crippen LogP contribution in [0.25, 0.3) is 0 Å². The van der Waals surface area contributed by atoms with Gasteiger partial charge < -0.3 is 4.90 Å². The van der Waals surface area contributed by atoms with E-state index >= 15 is 0 Å². The number of carbonyl (C=O) groups is 1. The number of benzene rings is 1. The molecule has 1 amide bonds. The quantitative estimate of drug-likeness (QED) is 0.865. The Hall–Kier alpha value is -2.12. The normalized spacial score (nSPS) is 10.1. The van der Waals surface area contributed by atoms with E-state index in [1.807, 2.05) is 38.1 Å². The zero-order chi connectivity index (χ0) is 14.7. The van der Waals surface area contributed by atoms with Gasteiger partial charge in [-0.3, -0.25) is 4.79 Å². The van der Waals surface area contributed by atoms with Crippen LogP contribution in [0.2, 0.25) is 0 Å². The largest absolute Gasteiger partial charge is 0.337 e. The Bertz CT molecular complexity index is 663. The van der Waals surface area contributed by atoms with Crippen LogP contribution in [0.4, 0.5) is 0 Å². The molecule has 0 aliphatic heterocycles. The van der Waals surface area contributed by atoms with Crippen molar-refractivity contribution in [1.29, 1.82) is 5.26 Å². The van der Waals surface area contributed by atoms with E-state index in [4.69, 9.17) is 5.26 Å². The van der Waals surface area contributed by atoms with Crippen molar-refractivity contribution in [1.82, 2.24) is 4.90 Å². The Balaban J connectivity index is 2.13. The van der Waals surface area contributed by atoms with E-state index in [9.17, 15) is 4.79 Å². The van der Waals surface area contributed by atoms with Gasteiger partial charge in [-0.2, -0.15) is 5.26 Å². The third-order valence-electron chi connectivity index (χ3n) is 3.20. The fourth-order valence-corrected chi connectivity index (χ4v) is 2.98. The van der Waals surface area contributed by atoms with Crippen molar-refractivity contribution in [2.75, 3.05) is 7.05 Å². The van der Waals surface area contributed by atoms with E-state index in [1.165, 1.54) is 16.2 Å². The van der Waals surface area contributed by atoms with Gasteiger partial charge in [0.2, 0.25) is 0 Å². The van der Waals surface area contributed by atoms with Crippen LogP contribution in [0.5, 0.6) is 0 Å². The molecule has 1 aromatic heterocycles. The van der Waals surface area contributed by atoms with Gasteiger partial charge in [0.1, 0.15) is 0 Å². The molecule has 1 heterocycles. The molecule has 0 atom stereocenters. The maximum Gasteiger partial charge on any atom is 0.263 e. The minimum Gasteiger partial charge on any atom is -0.337 e. The number of nitrogens with zero attached hydrogens (tertiary/aromatic N) is 2. The van der Waals surface area contributed by atoms with E-state index < -0.39 is 0 Å². The maximum absolute atomic E-state index is 12.3. The van der Waals surface area contributed by atoms with Crippen molar-refractivity contribution in [3.8, 4) is 6.07 Å². The number of amides is 1. The summed E-state index contributed by atoms with van der Waals surface area (Å²) in [6, 6.07) is 11.4. The summed E-state index contributed by atoms with van der Waals surface area (Å²) in [6.45, 7) is 4.54. The second-order valence-electron chi connectivity index (χ2n) is 4.82. The highest BCUT2D eigenvalue weighted by molar-refractivity contribution is 7.14. The molecular weight excluding hydrogens is 268 g/mol. The van der Waals surface area contributed by atoms with Gasteiger partial charge in [-0.05, 0) is 43.2 Å². The molecule has 0 aliphatic rings. The maximum atomic E-state index is 12.3.